The minimum Gasteiger partial charge on any atom is -0.355 e. The van der Waals surface area contributed by atoms with Crippen molar-refractivity contribution in [3.05, 3.63) is 94.0 Å². The molecule has 1 unspecified atom stereocenters. The lowest BCUT2D eigenvalue weighted by Gasteiger charge is -2.32. The Morgan fingerprint density at radius 2 is 1.68 bits per heavy atom. The molecule has 3 aromatic rings. The first-order valence-corrected chi connectivity index (χ1v) is 14.2. The van der Waals surface area contributed by atoms with Crippen molar-refractivity contribution in [3.8, 4) is 0 Å². The summed E-state index contributed by atoms with van der Waals surface area (Å²) >= 11 is 3.45. The zero-order valence-corrected chi connectivity index (χ0v) is 23.8. The number of rotatable bonds is 10. The molecule has 0 spiro atoms. The van der Waals surface area contributed by atoms with Crippen LogP contribution in [0.25, 0.3) is 0 Å². The van der Waals surface area contributed by atoms with Crippen LogP contribution in [0.3, 0.4) is 0 Å². The largest absolute Gasteiger partial charge is 0.355 e. The second-order valence-electron chi connectivity index (χ2n) is 8.84. The minimum atomic E-state index is -4.08. The maximum absolute atomic E-state index is 13.9. The number of benzene rings is 3. The van der Waals surface area contributed by atoms with Crippen LogP contribution < -0.4 is 9.62 Å². The van der Waals surface area contributed by atoms with Crippen LogP contribution in [-0.4, -0.2) is 44.3 Å². The highest BCUT2D eigenvalue weighted by molar-refractivity contribution is 9.10. The molecule has 0 heterocycles. The first kappa shape index (κ1) is 28.4. The fourth-order valence-corrected chi connectivity index (χ4v) is 6.00. The third kappa shape index (κ3) is 6.99. The van der Waals surface area contributed by atoms with Crippen LogP contribution in [0.2, 0.25) is 0 Å². The van der Waals surface area contributed by atoms with Gasteiger partial charge in [0.1, 0.15) is 12.6 Å². The van der Waals surface area contributed by atoms with Crippen molar-refractivity contribution < 1.29 is 18.0 Å². The van der Waals surface area contributed by atoms with Gasteiger partial charge >= 0.3 is 0 Å². The Balaban J connectivity index is 2.05. The second kappa shape index (κ2) is 12.4. The van der Waals surface area contributed by atoms with E-state index in [9.17, 15) is 18.0 Å². The molecule has 37 heavy (non-hydrogen) atoms. The van der Waals surface area contributed by atoms with E-state index in [2.05, 4.69) is 21.2 Å². The van der Waals surface area contributed by atoms with Crippen molar-refractivity contribution >= 4 is 43.5 Å². The standard InChI is InChI=1S/C28H32BrN3O4S/c1-5-30-28(34)22(4)31(18-23-10-9-11-24(29)17-23)27(33)19-32(26-15-14-20(2)16-21(26)3)37(35,36)25-12-7-6-8-13-25/h6-17,22H,5,18-19H2,1-4H3,(H,30,34). The van der Waals surface area contributed by atoms with Gasteiger partial charge in [0.2, 0.25) is 11.8 Å². The van der Waals surface area contributed by atoms with E-state index >= 15 is 0 Å². The molecule has 0 radical (unpaired) electrons. The molecule has 0 bridgehead atoms. The van der Waals surface area contributed by atoms with Crippen molar-refractivity contribution in [3.63, 3.8) is 0 Å². The smallest absolute Gasteiger partial charge is 0.264 e. The first-order chi connectivity index (χ1) is 17.5. The number of carbonyl (C=O) groups excluding carboxylic acids is 2. The summed E-state index contributed by atoms with van der Waals surface area (Å²) in [4.78, 5) is 28.1. The van der Waals surface area contributed by atoms with Gasteiger partial charge in [-0.25, -0.2) is 8.42 Å². The molecule has 0 saturated heterocycles. The number of nitrogens with one attached hydrogen (secondary N) is 1. The van der Waals surface area contributed by atoms with E-state index in [1.54, 1.807) is 38.1 Å². The van der Waals surface area contributed by atoms with Gasteiger partial charge in [0.15, 0.2) is 0 Å². The molecule has 1 N–H and O–H groups in total. The number of nitrogens with zero attached hydrogens (tertiary/aromatic N) is 2. The van der Waals surface area contributed by atoms with Crippen molar-refractivity contribution in [1.82, 2.24) is 10.2 Å². The van der Waals surface area contributed by atoms with Crippen molar-refractivity contribution in [2.45, 2.75) is 45.2 Å². The topological polar surface area (TPSA) is 86.8 Å². The van der Waals surface area contributed by atoms with E-state index in [4.69, 9.17) is 0 Å². The number of sulfonamides is 1. The summed E-state index contributed by atoms with van der Waals surface area (Å²) in [5.74, 6) is -0.798. The summed E-state index contributed by atoms with van der Waals surface area (Å²) < 4.78 is 29.6. The highest BCUT2D eigenvalue weighted by Crippen LogP contribution is 2.28. The summed E-state index contributed by atoms with van der Waals surface area (Å²) in [6.07, 6.45) is 0. The Hall–Kier alpha value is -3.17. The normalized spacial score (nSPS) is 12.0. The molecule has 3 rings (SSSR count). The number of amides is 2. The number of likely N-dealkylation sites (N-methyl/N-ethyl adjacent to an activating group) is 1. The van der Waals surface area contributed by atoms with Gasteiger partial charge in [0.05, 0.1) is 10.6 Å². The maximum Gasteiger partial charge on any atom is 0.264 e. The number of hydrogen-bond acceptors (Lipinski definition) is 4. The number of hydrogen-bond donors (Lipinski definition) is 1. The monoisotopic (exact) mass is 585 g/mol. The molecule has 0 aliphatic carbocycles. The van der Waals surface area contributed by atoms with Crippen LogP contribution in [0.4, 0.5) is 5.69 Å². The minimum absolute atomic E-state index is 0.0816. The van der Waals surface area contributed by atoms with E-state index in [0.717, 1.165) is 25.5 Å². The molecule has 196 valence electrons. The Morgan fingerprint density at radius 1 is 0.973 bits per heavy atom. The van der Waals surface area contributed by atoms with Gasteiger partial charge in [-0.1, -0.05) is 64.0 Å². The molecular weight excluding hydrogens is 554 g/mol. The number of anilines is 1. The lowest BCUT2D eigenvalue weighted by atomic mass is 10.1. The van der Waals surface area contributed by atoms with Crippen LogP contribution >= 0.6 is 15.9 Å². The molecule has 1 atom stereocenters. The van der Waals surface area contributed by atoms with Crippen molar-refractivity contribution in [1.29, 1.82) is 0 Å². The van der Waals surface area contributed by atoms with E-state index in [1.807, 2.05) is 50.2 Å². The molecule has 0 aromatic heterocycles. The number of aryl methyl sites for hydroxylation is 2. The Kier molecular flexibility index (Phi) is 9.50. The van der Waals surface area contributed by atoms with E-state index in [-0.39, 0.29) is 17.3 Å². The molecule has 7 nitrogen and oxygen atoms in total. The quantitative estimate of drug-likeness (QED) is 0.370. The molecule has 0 aliphatic heterocycles. The predicted molar refractivity (Wildman–Crippen MR) is 150 cm³/mol. The molecule has 2 amide bonds. The van der Waals surface area contributed by atoms with Crippen LogP contribution in [0, 0.1) is 13.8 Å². The highest BCUT2D eigenvalue weighted by Gasteiger charge is 2.33. The molecule has 0 saturated carbocycles. The zero-order valence-electron chi connectivity index (χ0n) is 21.4. The Morgan fingerprint density at radius 3 is 2.30 bits per heavy atom. The van der Waals surface area contributed by atoms with Crippen LogP contribution in [0.15, 0.2) is 82.2 Å². The average Bonchev–Trinajstić information content (AvgIpc) is 2.86. The maximum atomic E-state index is 13.9. The number of carbonyl (C=O) groups is 2. The van der Waals surface area contributed by atoms with Gasteiger partial charge in [-0.2, -0.15) is 0 Å². The van der Waals surface area contributed by atoms with Crippen LogP contribution in [0.1, 0.15) is 30.5 Å². The van der Waals surface area contributed by atoms with Crippen LogP contribution in [0.5, 0.6) is 0 Å². The SMILES string of the molecule is CCNC(=O)C(C)N(Cc1cccc(Br)c1)C(=O)CN(c1ccc(C)cc1C)S(=O)(=O)c1ccccc1. The van der Waals surface area contributed by atoms with Gasteiger partial charge in [-0.3, -0.25) is 13.9 Å². The van der Waals surface area contributed by atoms with E-state index in [0.29, 0.717) is 12.2 Å². The fraction of sp³-hybridized carbons (Fsp3) is 0.286. The zero-order chi connectivity index (χ0) is 27.2. The molecule has 3 aromatic carbocycles. The van der Waals surface area contributed by atoms with E-state index < -0.39 is 28.5 Å². The molecular formula is C28H32BrN3O4S. The van der Waals surface area contributed by atoms with Crippen molar-refractivity contribution in [2.75, 3.05) is 17.4 Å². The molecule has 0 fully saturated rings. The third-order valence-corrected chi connectivity index (χ3v) is 8.26. The summed E-state index contributed by atoms with van der Waals surface area (Å²) in [5.41, 5.74) is 2.92. The second-order valence-corrected chi connectivity index (χ2v) is 11.6. The highest BCUT2D eigenvalue weighted by atomic mass is 79.9. The summed E-state index contributed by atoms with van der Waals surface area (Å²) in [6.45, 7) is 7.29. The Bertz CT molecular complexity index is 1360. The Labute approximate surface area is 227 Å². The summed E-state index contributed by atoms with van der Waals surface area (Å²) in [6, 6.07) is 20.1. The summed E-state index contributed by atoms with van der Waals surface area (Å²) in [5, 5.41) is 2.76. The summed E-state index contributed by atoms with van der Waals surface area (Å²) in [7, 11) is -4.08. The van der Waals surface area contributed by atoms with Gasteiger partial charge in [0.25, 0.3) is 10.0 Å². The van der Waals surface area contributed by atoms with Gasteiger partial charge in [-0.15, -0.1) is 0 Å². The lowest BCUT2D eigenvalue weighted by molar-refractivity contribution is -0.139. The van der Waals surface area contributed by atoms with E-state index in [1.165, 1.54) is 17.0 Å². The molecule has 0 aliphatic rings. The average molecular weight is 587 g/mol. The molecule has 9 heteroatoms. The lowest BCUT2D eigenvalue weighted by Crippen LogP contribution is -2.51. The fourth-order valence-electron chi connectivity index (χ4n) is 4.05. The third-order valence-electron chi connectivity index (χ3n) is 5.99. The van der Waals surface area contributed by atoms with Crippen molar-refractivity contribution in [2.24, 2.45) is 0 Å². The first-order valence-electron chi connectivity index (χ1n) is 12.0. The number of halogens is 1. The predicted octanol–water partition coefficient (Wildman–Crippen LogP) is 4.81. The van der Waals surface area contributed by atoms with Crippen LogP contribution in [-0.2, 0) is 26.2 Å². The van der Waals surface area contributed by atoms with Gasteiger partial charge in [-0.05, 0) is 69.2 Å². The van der Waals surface area contributed by atoms with Gasteiger partial charge < -0.3 is 10.2 Å². The van der Waals surface area contributed by atoms with Gasteiger partial charge in [0, 0.05) is 17.6 Å².